The number of rotatable bonds is 4. The van der Waals surface area contributed by atoms with Gasteiger partial charge in [0.25, 0.3) is 0 Å². The van der Waals surface area contributed by atoms with E-state index in [0.29, 0.717) is 19.7 Å². The molecule has 2 amide bonds. The molecule has 1 saturated heterocycles. The third kappa shape index (κ3) is 6.11. The van der Waals surface area contributed by atoms with E-state index in [1.54, 1.807) is 0 Å². The molecule has 37 heavy (non-hydrogen) atoms. The van der Waals surface area contributed by atoms with E-state index < -0.39 is 0 Å². The minimum absolute atomic E-state index is 0.0379. The van der Waals surface area contributed by atoms with Crippen LogP contribution >= 0.6 is 0 Å². The molecule has 2 fully saturated rings. The van der Waals surface area contributed by atoms with Crippen LogP contribution in [0.2, 0.25) is 0 Å². The van der Waals surface area contributed by atoms with E-state index >= 15 is 0 Å². The zero-order valence-electron chi connectivity index (χ0n) is 22.5. The van der Waals surface area contributed by atoms with Crippen LogP contribution in [-0.2, 0) is 16.0 Å². The predicted molar refractivity (Wildman–Crippen MR) is 146 cm³/mol. The summed E-state index contributed by atoms with van der Waals surface area (Å²) in [6.45, 7) is 7.91. The van der Waals surface area contributed by atoms with E-state index in [-0.39, 0.29) is 28.9 Å². The molecule has 2 heterocycles. The van der Waals surface area contributed by atoms with Gasteiger partial charge in [-0.05, 0) is 59.2 Å². The molecule has 6 heteroatoms. The topological polar surface area (TPSA) is 67.9 Å². The molecule has 2 aromatic carbocycles. The van der Waals surface area contributed by atoms with Gasteiger partial charge in [0.15, 0.2) is 0 Å². The van der Waals surface area contributed by atoms with Crippen molar-refractivity contribution >= 4 is 17.7 Å². The summed E-state index contributed by atoms with van der Waals surface area (Å²) in [5.41, 5.74) is 4.06. The average Bonchev–Trinajstić information content (AvgIpc) is 3.25. The van der Waals surface area contributed by atoms with Crippen LogP contribution in [0, 0.1) is 11.3 Å². The Morgan fingerprint density at radius 2 is 1.68 bits per heavy atom. The Labute approximate surface area is 220 Å². The number of nitrogens with one attached hydrogen (secondary N) is 1. The van der Waals surface area contributed by atoms with E-state index in [9.17, 15) is 9.59 Å². The number of amides is 2. The first-order valence-electron chi connectivity index (χ1n) is 13.8. The molecular formula is C31H40N2O4. The molecule has 0 aromatic heterocycles. The van der Waals surface area contributed by atoms with E-state index in [1.807, 2.05) is 17.0 Å². The van der Waals surface area contributed by atoms with Crippen molar-refractivity contribution in [3.8, 4) is 16.9 Å². The molecule has 5 rings (SSSR count). The van der Waals surface area contributed by atoms with Gasteiger partial charge in [-0.3, -0.25) is 4.79 Å². The molecule has 0 radical (unpaired) electrons. The minimum Gasteiger partial charge on any atom is -0.487 e. The van der Waals surface area contributed by atoms with Crippen LogP contribution < -0.4 is 10.1 Å². The highest BCUT2D eigenvalue weighted by Crippen LogP contribution is 2.42. The number of likely N-dealkylation sites (tertiary alicyclic amines) is 1. The summed E-state index contributed by atoms with van der Waals surface area (Å²) < 4.78 is 12.0. The predicted octanol–water partition coefficient (Wildman–Crippen LogP) is 6.82. The number of hydrogen-bond donors (Lipinski definition) is 1. The van der Waals surface area contributed by atoms with Crippen LogP contribution in [0.1, 0.15) is 71.3 Å². The minimum atomic E-state index is -0.241. The lowest BCUT2D eigenvalue weighted by Gasteiger charge is -2.38. The quantitative estimate of drug-likeness (QED) is 0.496. The third-order valence-electron chi connectivity index (χ3n) is 7.92. The van der Waals surface area contributed by atoms with Crippen molar-refractivity contribution in [1.82, 2.24) is 4.90 Å². The number of hydrogen-bond acceptors (Lipinski definition) is 4. The molecular weight excluding hydrogens is 464 g/mol. The maximum absolute atomic E-state index is 12.6. The summed E-state index contributed by atoms with van der Waals surface area (Å²) in [5.74, 6) is 1.25. The number of anilines is 1. The van der Waals surface area contributed by atoms with Gasteiger partial charge < -0.3 is 19.7 Å². The van der Waals surface area contributed by atoms with Crippen molar-refractivity contribution in [3.05, 3.63) is 48.0 Å². The first-order valence-corrected chi connectivity index (χ1v) is 13.8. The van der Waals surface area contributed by atoms with E-state index in [2.05, 4.69) is 56.4 Å². The highest BCUT2D eigenvalue weighted by molar-refractivity contribution is 5.92. The number of nitrogens with zero attached hydrogens (tertiary/aromatic N) is 1. The number of benzene rings is 2. The number of ether oxygens (including phenoxy) is 2. The van der Waals surface area contributed by atoms with Crippen molar-refractivity contribution in [2.24, 2.45) is 11.3 Å². The Hall–Kier alpha value is -3.02. The Kier molecular flexibility index (Phi) is 7.19. The molecule has 6 nitrogen and oxygen atoms in total. The summed E-state index contributed by atoms with van der Waals surface area (Å²) in [4.78, 5) is 26.9. The van der Waals surface area contributed by atoms with Gasteiger partial charge in [-0.15, -0.1) is 0 Å². The van der Waals surface area contributed by atoms with Gasteiger partial charge in [0.1, 0.15) is 11.4 Å². The van der Waals surface area contributed by atoms with Crippen LogP contribution in [0.15, 0.2) is 42.5 Å². The van der Waals surface area contributed by atoms with Crippen molar-refractivity contribution in [2.45, 2.75) is 77.7 Å². The van der Waals surface area contributed by atoms with Crippen LogP contribution in [0.3, 0.4) is 0 Å². The van der Waals surface area contributed by atoms with Gasteiger partial charge >= 0.3 is 6.09 Å². The fourth-order valence-corrected chi connectivity index (χ4v) is 5.71. The van der Waals surface area contributed by atoms with Gasteiger partial charge in [0, 0.05) is 44.0 Å². The molecule has 1 saturated carbocycles. The van der Waals surface area contributed by atoms with E-state index in [1.165, 1.54) is 12.0 Å². The largest absolute Gasteiger partial charge is 0.487 e. The fraction of sp³-hybridized carbons (Fsp3) is 0.548. The zero-order chi connectivity index (χ0) is 26.0. The normalized spacial score (nSPS) is 19.3. The van der Waals surface area contributed by atoms with Crippen LogP contribution in [0.25, 0.3) is 11.1 Å². The molecule has 1 aliphatic carbocycles. The monoisotopic (exact) mass is 504 g/mol. The second kappa shape index (κ2) is 10.4. The molecule has 3 aliphatic rings. The summed E-state index contributed by atoms with van der Waals surface area (Å²) in [6, 6.07) is 14.5. The lowest BCUT2D eigenvalue weighted by atomic mass is 9.86. The van der Waals surface area contributed by atoms with Gasteiger partial charge in [0.2, 0.25) is 5.91 Å². The molecule has 2 aromatic rings. The van der Waals surface area contributed by atoms with Gasteiger partial charge in [-0.1, -0.05) is 58.2 Å². The number of piperidine rings is 1. The summed E-state index contributed by atoms with van der Waals surface area (Å²) in [7, 11) is 0. The standard InChI is InChI=1S/C31H40N2O4/c1-30(2,3)21-36-29(35)33-17-15-31(16-18-33)20-25-19-24(11-14-27(25)37-31)22-9-12-26(13-10-22)32-28(34)23-7-5-4-6-8-23/h9-14,19,23H,4-8,15-18,20-21H2,1-3H3,(H,32,34). The Balaban J connectivity index is 1.18. The zero-order valence-corrected chi connectivity index (χ0v) is 22.5. The molecule has 1 N–H and O–H groups in total. The van der Waals surface area contributed by atoms with Crippen LogP contribution in [-0.4, -0.2) is 42.2 Å². The highest BCUT2D eigenvalue weighted by atomic mass is 16.6. The highest BCUT2D eigenvalue weighted by Gasteiger charge is 2.43. The van der Waals surface area contributed by atoms with Crippen molar-refractivity contribution < 1.29 is 19.1 Å². The van der Waals surface area contributed by atoms with Gasteiger partial charge in [-0.2, -0.15) is 0 Å². The fourth-order valence-electron chi connectivity index (χ4n) is 5.71. The first-order chi connectivity index (χ1) is 17.7. The maximum atomic E-state index is 12.6. The molecule has 0 bridgehead atoms. The molecule has 0 unspecified atom stereocenters. The van der Waals surface area contributed by atoms with Crippen LogP contribution in [0.5, 0.6) is 5.75 Å². The average molecular weight is 505 g/mol. The molecule has 1 spiro atoms. The SMILES string of the molecule is CC(C)(C)COC(=O)N1CCC2(CC1)Cc1cc(-c3ccc(NC(=O)C4CCCCC4)cc3)ccc1O2. The number of carbonyl (C=O) groups is 2. The molecule has 198 valence electrons. The summed E-state index contributed by atoms with van der Waals surface area (Å²) >= 11 is 0. The number of carbonyl (C=O) groups excluding carboxylic acids is 2. The maximum Gasteiger partial charge on any atom is 0.409 e. The van der Waals surface area contributed by atoms with Gasteiger partial charge in [0.05, 0.1) is 6.61 Å². The molecule has 2 aliphatic heterocycles. The van der Waals surface area contributed by atoms with E-state index in [4.69, 9.17) is 9.47 Å². The Morgan fingerprint density at radius 1 is 1.00 bits per heavy atom. The lowest BCUT2D eigenvalue weighted by molar-refractivity contribution is -0.120. The summed E-state index contributed by atoms with van der Waals surface area (Å²) in [6.07, 6.45) is 7.80. The van der Waals surface area contributed by atoms with Crippen molar-refractivity contribution in [1.29, 1.82) is 0 Å². The second-order valence-electron chi connectivity index (χ2n) is 12.3. The van der Waals surface area contributed by atoms with E-state index in [0.717, 1.165) is 67.5 Å². The summed E-state index contributed by atoms with van der Waals surface area (Å²) in [5, 5.41) is 3.10. The van der Waals surface area contributed by atoms with Crippen molar-refractivity contribution in [2.75, 3.05) is 25.0 Å². The van der Waals surface area contributed by atoms with Crippen LogP contribution in [0.4, 0.5) is 10.5 Å². The third-order valence-corrected chi connectivity index (χ3v) is 7.92. The second-order valence-corrected chi connectivity index (χ2v) is 12.3. The Bertz CT molecular complexity index is 1120. The molecule has 0 atom stereocenters. The smallest absolute Gasteiger partial charge is 0.409 e. The number of fused-ring (bicyclic) bond motifs is 1. The van der Waals surface area contributed by atoms with Crippen molar-refractivity contribution in [3.63, 3.8) is 0 Å². The Morgan fingerprint density at radius 3 is 2.35 bits per heavy atom. The lowest BCUT2D eigenvalue weighted by Crippen LogP contribution is -2.49. The first kappa shape index (κ1) is 25.6. The van der Waals surface area contributed by atoms with Gasteiger partial charge in [-0.25, -0.2) is 4.79 Å².